The molecule has 1 aliphatic heterocycles. The molecule has 0 radical (unpaired) electrons. The van der Waals surface area contributed by atoms with Crippen molar-refractivity contribution in [2.75, 3.05) is 18.5 Å². The molecule has 1 atom stereocenters. The first-order valence-electron chi connectivity index (χ1n) is 9.79. The number of aromatic nitrogens is 7. The number of ether oxygens (including phenoxy) is 1. The molecule has 4 aromatic rings. The van der Waals surface area contributed by atoms with Crippen LogP contribution >= 0.6 is 0 Å². The highest BCUT2D eigenvalue weighted by Crippen LogP contribution is 2.39. The van der Waals surface area contributed by atoms with Crippen LogP contribution in [-0.2, 0) is 4.74 Å². The van der Waals surface area contributed by atoms with Gasteiger partial charge in [-0.25, -0.2) is 19.2 Å². The van der Waals surface area contributed by atoms with Gasteiger partial charge in [-0.15, -0.1) is 0 Å². The summed E-state index contributed by atoms with van der Waals surface area (Å²) in [6.45, 7) is 9.92. The average molecular weight is 392 g/mol. The standard InChI is InChI=1S/C20H24N8O/c1-12-7-17-22-11-23-27(17)9-15(12)24-19-21-8-14-13(2)26-28(18(14)25-19)16-5-6-29-10-20(16,3)4/h7-9,11,16H,5-6,10H2,1-4H3,(H,21,24,25). The molecule has 1 saturated heterocycles. The fourth-order valence-electron chi connectivity index (χ4n) is 4.02. The van der Waals surface area contributed by atoms with Gasteiger partial charge in [0.2, 0.25) is 5.95 Å². The molecule has 0 spiro atoms. The number of nitrogens with one attached hydrogen (secondary N) is 1. The smallest absolute Gasteiger partial charge is 0.229 e. The summed E-state index contributed by atoms with van der Waals surface area (Å²) >= 11 is 0. The lowest BCUT2D eigenvalue weighted by Crippen LogP contribution is -2.37. The van der Waals surface area contributed by atoms with E-state index in [4.69, 9.17) is 14.8 Å². The van der Waals surface area contributed by atoms with Gasteiger partial charge in [0.1, 0.15) is 6.33 Å². The van der Waals surface area contributed by atoms with E-state index >= 15 is 0 Å². The molecule has 9 nitrogen and oxygen atoms in total. The van der Waals surface area contributed by atoms with Crippen molar-refractivity contribution < 1.29 is 4.74 Å². The lowest BCUT2D eigenvalue weighted by atomic mass is 9.82. The largest absolute Gasteiger partial charge is 0.381 e. The van der Waals surface area contributed by atoms with Crippen LogP contribution in [0.4, 0.5) is 11.6 Å². The van der Waals surface area contributed by atoms with Gasteiger partial charge in [-0.1, -0.05) is 13.8 Å². The van der Waals surface area contributed by atoms with E-state index < -0.39 is 0 Å². The van der Waals surface area contributed by atoms with Crippen LogP contribution in [0, 0.1) is 19.3 Å². The highest BCUT2D eigenvalue weighted by atomic mass is 16.5. The minimum absolute atomic E-state index is 0.0170. The van der Waals surface area contributed by atoms with Crippen molar-refractivity contribution >= 4 is 28.3 Å². The maximum Gasteiger partial charge on any atom is 0.229 e. The van der Waals surface area contributed by atoms with Crippen molar-refractivity contribution in [2.24, 2.45) is 5.41 Å². The number of anilines is 2. The molecule has 150 valence electrons. The van der Waals surface area contributed by atoms with Gasteiger partial charge in [0.05, 0.1) is 35.6 Å². The van der Waals surface area contributed by atoms with E-state index in [0.717, 1.165) is 46.7 Å². The van der Waals surface area contributed by atoms with Crippen molar-refractivity contribution in [2.45, 2.75) is 40.2 Å². The summed E-state index contributed by atoms with van der Waals surface area (Å²) in [4.78, 5) is 13.6. The van der Waals surface area contributed by atoms with Gasteiger partial charge < -0.3 is 10.1 Å². The molecule has 0 saturated carbocycles. The van der Waals surface area contributed by atoms with Gasteiger partial charge in [-0.05, 0) is 31.9 Å². The molecule has 4 aromatic heterocycles. The molecule has 0 amide bonds. The summed E-state index contributed by atoms with van der Waals surface area (Å²) in [6.07, 6.45) is 6.20. The third-order valence-electron chi connectivity index (χ3n) is 5.71. The van der Waals surface area contributed by atoms with E-state index in [1.54, 1.807) is 4.52 Å². The zero-order valence-electron chi connectivity index (χ0n) is 17.0. The van der Waals surface area contributed by atoms with E-state index in [2.05, 4.69) is 38.9 Å². The number of hydrogen-bond acceptors (Lipinski definition) is 7. The van der Waals surface area contributed by atoms with Crippen molar-refractivity contribution in [1.82, 2.24) is 34.3 Å². The molecule has 1 fully saturated rings. The third kappa shape index (κ3) is 3.02. The van der Waals surface area contributed by atoms with Crippen LogP contribution in [0.15, 0.2) is 24.8 Å². The minimum atomic E-state index is -0.0170. The number of nitrogens with zero attached hydrogens (tertiary/aromatic N) is 7. The van der Waals surface area contributed by atoms with Gasteiger partial charge >= 0.3 is 0 Å². The quantitative estimate of drug-likeness (QED) is 0.572. The molecule has 5 rings (SSSR count). The van der Waals surface area contributed by atoms with Gasteiger partial charge in [0.15, 0.2) is 11.3 Å². The number of rotatable bonds is 3. The zero-order valence-corrected chi connectivity index (χ0v) is 17.0. The molecule has 0 aromatic carbocycles. The van der Waals surface area contributed by atoms with Crippen molar-refractivity contribution in [1.29, 1.82) is 0 Å². The zero-order chi connectivity index (χ0) is 20.2. The third-order valence-corrected chi connectivity index (χ3v) is 5.71. The first-order valence-corrected chi connectivity index (χ1v) is 9.79. The summed E-state index contributed by atoms with van der Waals surface area (Å²) in [5.74, 6) is 0.533. The molecule has 1 N–H and O–H groups in total. The minimum Gasteiger partial charge on any atom is -0.381 e. The van der Waals surface area contributed by atoms with Crippen molar-refractivity contribution in [3.8, 4) is 0 Å². The van der Waals surface area contributed by atoms with Crippen LogP contribution in [0.3, 0.4) is 0 Å². The van der Waals surface area contributed by atoms with Crippen LogP contribution in [0.2, 0.25) is 0 Å². The summed E-state index contributed by atoms with van der Waals surface area (Å²) in [5, 5.41) is 13.3. The average Bonchev–Trinajstić information content (AvgIpc) is 3.26. The molecule has 1 aliphatic rings. The summed E-state index contributed by atoms with van der Waals surface area (Å²) in [6, 6.07) is 2.20. The van der Waals surface area contributed by atoms with E-state index in [-0.39, 0.29) is 11.5 Å². The Hall–Kier alpha value is -3.07. The van der Waals surface area contributed by atoms with Crippen LogP contribution in [0.1, 0.15) is 37.6 Å². The lowest BCUT2D eigenvalue weighted by molar-refractivity contribution is -0.0281. The van der Waals surface area contributed by atoms with Crippen LogP contribution < -0.4 is 5.32 Å². The highest BCUT2D eigenvalue weighted by Gasteiger charge is 2.36. The second-order valence-corrected chi connectivity index (χ2v) is 8.36. The molecule has 29 heavy (non-hydrogen) atoms. The van der Waals surface area contributed by atoms with E-state index in [0.29, 0.717) is 12.6 Å². The Morgan fingerprint density at radius 1 is 1.24 bits per heavy atom. The maximum absolute atomic E-state index is 5.70. The lowest BCUT2D eigenvalue weighted by Gasteiger charge is -2.38. The van der Waals surface area contributed by atoms with E-state index in [1.165, 1.54) is 6.33 Å². The van der Waals surface area contributed by atoms with Gasteiger partial charge in [0, 0.05) is 18.2 Å². The Balaban J connectivity index is 1.56. The van der Waals surface area contributed by atoms with Crippen LogP contribution in [-0.4, -0.2) is 47.6 Å². The Labute approximate surface area is 168 Å². The fourth-order valence-corrected chi connectivity index (χ4v) is 4.02. The number of fused-ring (bicyclic) bond motifs is 2. The van der Waals surface area contributed by atoms with Gasteiger partial charge in [-0.3, -0.25) is 0 Å². The molecule has 1 unspecified atom stereocenters. The number of hydrogen-bond donors (Lipinski definition) is 1. The normalized spacial score (nSPS) is 19.1. The second kappa shape index (κ2) is 6.48. The second-order valence-electron chi connectivity index (χ2n) is 8.36. The number of aryl methyl sites for hydroxylation is 2. The van der Waals surface area contributed by atoms with Crippen LogP contribution in [0.25, 0.3) is 16.7 Å². The Morgan fingerprint density at radius 3 is 2.93 bits per heavy atom. The fraction of sp³-hybridized carbons (Fsp3) is 0.450. The Kier molecular flexibility index (Phi) is 4.02. The first kappa shape index (κ1) is 18.0. The summed E-state index contributed by atoms with van der Waals surface area (Å²) < 4.78 is 9.49. The van der Waals surface area contributed by atoms with Gasteiger partial charge in [-0.2, -0.15) is 15.2 Å². The van der Waals surface area contributed by atoms with E-state index in [1.807, 2.05) is 32.3 Å². The molecule has 9 heteroatoms. The van der Waals surface area contributed by atoms with Crippen molar-refractivity contribution in [3.63, 3.8) is 0 Å². The van der Waals surface area contributed by atoms with Gasteiger partial charge in [0.25, 0.3) is 0 Å². The predicted molar refractivity (Wildman–Crippen MR) is 109 cm³/mol. The molecular weight excluding hydrogens is 368 g/mol. The maximum atomic E-state index is 5.70. The SMILES string of the molecule is Cc1cc2ncnn2cc1Nc1ncc2c(C)nn(C3CCOCC3(C)C)c2n1. The van der Waals surface area contributed by atoms with Crippen molar-refractivity contribution in [3.05, 3.63) is 36.0 Å². The molecular formula is C20H24N8O. The topological polar surface area (TPSA) is 95.1 Å². The summed E-state index contributed by atoms with van der Waals surface area (Å²) in [5.41, 5.74) is 4.51. The summed E-state index contributed by atoms with van der Waals surface area (Å²) in [7, 11) is 0. The van der Waals surface area contributed by atoms with E-state index in [9.17, 15) is 0 Å². The van der Waals surface area contributed by atoms with Crippen LogP contribution in [0.5, 0.6) is 0 Å². The molecule has 5 heterocycles. The highest BCUT2D eigenvalue weighted by molar-refractivity contribution is 5.79. The first-order chi connectivity index (χ1) is 13.9. The molecule has 0 aliphatic carbocycles. The Morgan fingerprint density at radius 2 is 2.10 bits per heavy atom. The Bertz CT molecular complexity index is 1210. The predicted octanol–water partition coefficient (Wildman–Crippen LogP) is 3.22. The molecule has 0 bridgehead atoms. The monoisotopic (exact) mass is 392 g/mol. The number of pyridine rings is 1.